The molecule has 0 radical (unpaired) electrons. The van der Waals surface area contributed by atoms with Crippen molar-refractivity contribution in [2.75, 3.05) is 0 Å². The predicted molar refractivity (Wildman–Crippen MR) is 69.0 cm³/mol. The van der Waals surface area contributed by atoms with Gasteiger partial charge in [0.25, 0.3) is 0 Å². The normalized spacial score (nSPS) is 36.6. The molecule has 0 heteroatoms. The van der Waals surface area contributed by atoms with Gasteiger partial charge in [-0.15, -0.1) is 0 Å². The summed E-state index contributed by atoms with van der Waals surface area (Å²) in [6.45, 7) is 7.36. The van der Waals surface area contributed by atoms with Crippen LogP contribution in [0.15, 0.2) is 0 Å². The second-order valence-electron chi connectivity index (χ2n) is 6.13. The molecule has 90 valence electrons. The largest absolute Gasteiger partial charge is 0.0625 e. The molecule has 15 heavy (non-hydrogen) atoms. The Bertz CT molecular complexity index is 134. The van der Waals surface area contributed by atoms with Crippen molar-refractivity contribution in [2.24, 2.45) is 17.8 Å². The average molecular weight is 210 g/mol. The van der Waals surface area contributed by atoms with Gasteiger partial charge in [0.05, 0.1) is 0 Å². The Labute approximate surface area is 96.8 Å². The molecule has 2 unspecified atom stereocenters. The summed E-state index contributed by atoms with van der Waals surface area (Å²) in [6.07, 6.45) is 13.3. The van der Waals surface area contributed by atoms with E-state index in [-0.39, 0.29) is 0 Å². The summed E-state index contributed by atoms with van der Waals surface area (Å²) >= 11 is 0. The second-order valence-corrected chi connectivity index (χ2v) is 6.13. The van der Waals surface area contributed by atoms with Crippen LogP contribution in [-0.2, 0) is 0 Å². The summed E-state index contributed by atoms with van der Waals surface area (Å²) in [5, 5.41) is 0. The van der Waals surface area contributed by atoms with Crippen LogP contribution in [0.2, 0.25) is 0 Å². The van der Waals surface area contributed by atoms with Gasteiger partial charge in [-0.2, -0.15) is 0 Å². The van der Waals surface area contributed by atoms with Crippen molar-refractivity contribution < 1.29 is 0 Å². The molecule has 1 fully saturated rings. The highest BCUT2D eigenvalue weighted by Gasteiger charge is 2.13. The Morgan fingerprint density at radius 1 is 0.533 bits per heavy atom. The highest BCUT2D eigenvalue weighted by molar-refractivity contribution is 4.65. The highest BCUT2D eigenvalue weighted by atomic mass is 14.2. The van der Waals surface area contributed by atoms with Crippen LogP contribution < -0.4 is 0 Å². The molecule has 0 saturated heterocycles. The van der Waals surface area contributed by atoms with Gasteiger partial charge in [-0.1, -0.05) is 65.7 Å². The summed E-state index contributed by atoms with van der Waals surface area (Å²) in [5.74, 6) is 2.88. The maximum absolute atomic E-state index is 2.46. The Morgan fingerprint density at radius 3 is 1.40 bits per heavy atom. The predicted octanol–water partition coefficient (Wildman–Crippen LogP) is 5.42. The minimum absolute atomic E-state index is 0.953. The lowest BCUT2D eigenvalue weighted by Gasteiger charge is -2.21. The van der Waals surface area contributed by atoms with Crippen LogP contribution in [0.1, 0.15) is 78.6 Å². The molecule has 0 aromatic carbocycles. The van der Waals surface area contributed by atoms with Gasteiger partial charge in [-0.25, -0.2) is 0 Å². The van der Waals surface area contributed by atoms with E-state index in [1.807, 2.05) is 0 Å². The van der Waals surface area contributed by atoms with E-state index < -0.39 is 0 Å². The van der Waals surface area contributed by atoms with Gasteiger partial charge >= 0.3 is 0 Å². The van der Waals surface area contributed by atoms with Gasteiger partial charge in [0.15, 0.2) is 0 Å². The van der Waals surface area contributed by atoms with Crippen molar-refractivity contribution in [1.82, 2.24) is 0 Å². The van der Waals surface area contributed by atoms with Crippen molar-refractivity contribution in [3.63, 3.8) is 0 Å². The molecule has 0 heterocycles. The van der Waals surface area contributed by atoms with Crippen LogP contribution in [0, 0.1) is 17.8 Å². The fourth-order valence-electron chi connectivity index (χ4n) is 3.22. The van der Waals surface area contributed by atoms with E-state index in [4.69, 9.17) is 0 Å². The lowest BCUT2D eigenvalue weighted by molar-refractivity contribution is 0.308. The molecule has 0 N–H and O–H groups in total. The van der Waals surface area contributed by atoms with E-state index in [1.54, 1.807) is 0 Å². The molecule has 0 aliphatic heterocycles. The second kappa shape index (κ2) is 7.30. The molecule has 0 aromatic rings. The third-order valence-electron chi connectivity index (χ3n) is 4.00. The van der Waals surface area contributed by atoms with Crippen LogP contribution in [0.4, 0.5) is 0 Å². The number of hydrogen-bond donors (Lipinski definition) is 0. The Morgan fingerprint density at radius 2 is 0.933 bits per heavy atom. The zero-order valence-electron chi connectivity index (χ0n) is 11.1. The summed E-state index contributed by atoms with van der Waals surface area (Å²) < 4.78 is 0. The van der Waals surface area contributed by atoms with E-state index in [0.717, 1.165) is 17.8 Å². The number of hydrogen-bond acceptors (Lipinski definition) is 0. The summed E-state index contributed by atoms with van der Waals surface area (Å²) in [6, 6.07) is 0. The molecule has 0 spiro atoms. The van der Waals surface area contributed by atoms with Gasteiger partial charge in [0.2, 0.25) is 0 Å². The lowest BCUT2D eigenvalue weighted by Crippen LogP contribution is -2.08. The fraction of sp³-hybridized carbons (Fsp3) is 1.00. The van der Waals surface area contributed by atoms with Gasteiger partial charge in [-0.3, -0.25) is 0 Å². The Kier molecular flexibility index (Phi) is 6.36. The Balaban J connectivity index is 2.33. The van der Waals surface area contributed by atoms with E-state index in [1.165, 1.54) is 57.8 Å². The first-order valence-electron chi connectivity index (χ1n) is 7.18. The lowest BCUT2D eigenvalue weighted by atomic mass is 9.85. The van der Waals surface area contributed by atoms with Crippen molar-refractivity contribution in [1.29, 1.82) is 0 Å². The highest BCUT2D eigenvalue weighted by Crippen LogP contribution is 2.26. The fourth-order valence-corrected chi connectivity index (χ4v) is 3.22. The third-order valence-corrected chi connectivity index (χ3v) is 4.00. The first-order chi connectivity index (χ1) is 7.18. The molecule has 0 nitrogen and oxygen atoms in total. The molecular formula is C15H30. The van der Waals surface area contributed by atoms with Gasteiger partial charge in [0, 0.05) is 0 Å². The summed E-state index contributed by atoms with van der Waals surface area (Å²) in [4.78, 5) is 0. The van der Waals surface area contributed by atoms with Crippen LogP contribution in [0.5, 0.6) is 0 Å². The molecule has 1 rings (SSSR count). The van der Waals surface area contributed by atoms with E-state index >= 15 is 0 Å². The van der Waals surface area contributed by atoms with Crippen molar-refractivity contribution in [2.45, 2.75) is 78.6 Å². The first kappa shape index (κ1) is 13.1. The maximum atomic E-state index is 2.46. The topological polar surface area (TPSA) is 0 Å². The molecule has 0 aromatic heterocycles. The first-order valence-corrected chi connectivity index (χ1v) is 7.18. The molecule has 0 bridgehead atoms. The van der Waals surface area contributed by atoms with Crippen LogP contribution in [-0.4, -0.2) is 0 Å². The zero-order valence-corrected chi connectivity index (χ0v) is 11.1. The van der Waals surface area contributed by atoms with Gasteiger partial charge in [0.1, 0.15) is 0 Å². The maximum Gasteiger partial charge on any atom is -0.0438 e. The molecule has 1 aliphatic rings. The molecule has 1 aliphatic carbocycles. The van der Waals surface area contributed by atoms with Crippen LogP contribution in [0.25, 0.3) is 0 Å². The standard InChI is InChI=1S/C15H30/c1-13-9-7-5-4-6-8-10-14(2)12-15(3)11-13/h13-15H,4-12H2,1-3H3. The van der Waals surface area contributed by atoms with Crippen molar-refractivity contribution in [3.8, 4) is 0 Å². The van der Waals surface area contributed by atoms with Gasteiger partial charge < -0.3 is 0 Å². The van der Waals surface area contributed by atoms with Crippen LogP contribution >= 0.6 is 0 Å². The minimum atomic E-state index is 0.953. The minimum Gasteiger partial charge on any atom is -0.0625 e. The SMILES string of the molecule is CC1CCCCCCCC(C)CC(C)C1. The Hall–Kier alpha value is 0. The quantitative estimate of drug-likeness (QED) is 0.501. The summed E-state index contributed by atoms with van der Waals surface area (Å²) in [5.41, 5.74) is 0. The van der Waals surface area contributed by atoms with E-state index in [2.05, 4.69) is 20.8 Å². The third kappa shape index (κ3) is 6.22. The van der Waals surface area contributed by atoms with E-state index in [9.17, 15) is 0 Å². The zero-order chi connectivity index (χ0) is 11.1. The van der Waals surface area contributed by atoms with E-state index in [0.29, 0.717) is 0 Å². The molecule has 2 atom stereocenters. The molecule has 0 amide bonds. The number of rotatable bonds is 0. The molecular weight excluding hydrogens is 180 g/mol. The smallest absolute Gasteiger partial charge is 0.0438 e. The van der Waals surface area contributed by atoms with Gasteiger partial charge in [-0.05, 0) is 30.6 Å². The average Bonchev–Trinajstić information content (AvgIpc) is 2.14. The van der Waals surface area contributed by atoms with Crippen LogP contribution in [0.3, 0.4) is 0 Å². The molecule has 1 saturated carbocycles. The monoisotopic (exact) mass is 210 g/mol. The summed E-state index contributed by atoms with van der Waals surface area (Å²) in [7, 11) is 0. The van der Waals surface area contributed by atoms with Crippen molar-refractivity contribution >= 4 is 0 Å². The van der Waals surface area contributed by atoms with Crippen molar-refractivity contribution in [3.05, 3.63) is 0 Å².